The van der Waals surface area contributed by atoms with Gasteiger partial charge >= 0.3 is 0 Å². The molecular formula is C19H21ClN2. The molecule has 114 valence electrons. The summed E-state index contributed by atoms with van der Waals surface area (Å²) in [5.74, 6) is 0.498. The van der Waals surface area contributed by atoms with Gasteiger partial charge < -0.3 is 11.1 Å². The number of dihydropyridines is 1. The van der Waals surface area contributed by atoms with Crippen molar-refractivity contribution < 1.29 is 0 Å². The quantitative estimate of drug-likeness (QED) is 0.883. The van der Waals surface area contributed by atoms with Crippen LogP contribution in [0.2, 0.25) is 0 Å². The molecule has 1 heterocycles. The van der Waals surface area contributed by atoms with Gasteiger partial charge in [-0.25, -0.2) is 0 Å². The largest absolute Gasteiger partial charge is 0.373 e. The van der Waals surface area contributed by atoms with Crippen LogP contribution in [-0.4, -0.2) is 12.6 Å². The molecule has 1 aromatic rings. The van der Waals surface area contributed by atoms with Crippen molar-refractivity contribution in [2.24, 2.45) is 5.73 Å². The third-order valence-corrected chi connectivity index (χ3v) is 4.51. The van der Waals surface area contributed by atoms with Gasteiger partial charge in [0.15, 0.2) is 0 Å². The minimum absolute atomic E-state index is 0.0275. The number of nitrogens with one attached hydrogen (secondary N) is 1. The van der Waals surface area contributed by atoms with E-state index < -0.39 is 0 Å². The Balaban J connectivity index is 2.06. The smallest absolute Gasteiger partial charge is 0.0874 e. The average molecular weight is 313 g/mol. The van der Waals surface area contributed by atoms with Crippen molar-refractivity contribution in [1.82, 2.24) is 5.32 Å². The van der Waals surface area contributed by atoms with E-state index in [4.69, 9.17) is 17.3 Å². The summed E-state index contributed by atoms with van der Waals surface area (Å²) in [6, 6.07) is 8.65. The molecule has 1 unspecified atom stereocenters. The van der Waals surface area contributed by atoms with Crippen molar-refractivity contribution in [3.8, 4) is 0 Å². The minimum Gasteiger partial charge on any atom is -0.373 e. The fraction of sp³-hybridized carbons (Fsp3) is 0.263. The van der Waals surface area contributed by atoms with Crippen LogP contribution in [0.25, 0.3) is 5.70 Å². The van der Waals surface area contributed by atoms with E-state index in [1.165, 1.54) is 11.1 Å². The molecule has 0 fully saturated rings. The molecule has 0 aromatic heterocycles. The molecule has 0 spiro atoms. The van der Waals surface area contributed by atoms with Crippen LogP contribution < -0.4 is 11.1 Å². The molecule has 22 heavy (non-hydrogen) atoms. The van der Waals surface area contributed by atoms with E-state index in [0.29, 0.717) is 12.5 Å². The number of hydrogen-bond acceptors (Lipinski definition) is 2. The Bertz CT molecular complexity index is 708. The normalized spacial score (nSPS) is 20.5. The highest BCUT2D eigenvalue weighted by atomic mass is 35.5. The number of nitrogens with two attached hydrogens (primary N) is 1. The SMILES string of the molecule is CC(C)c1cccc(C2=C(CN)C=C3C=CC=C(Cl)C3N2)c1. The van der Waals surface area contributed by atoms with Gasteiger partial charge in [-0.1, -0.05) is 55.8 Å². The second-order valence-corrected chi connectivity index (χ2v) is 6.45. The summed E-state index contributed by atoms with van der Waals surface area (Å²) in [6.07, 6.45) is 8.15. The lowest BCUT2D eigenvalue weighted by molar-refractivity contribution is 0.787. The van der Waals surface area contributed by atoms with Crippen molar-refractivity contribution >= 4 is 17.3 Å². The van der Waals surface area contributed by atoms with Crippen LogP contribution in [0, 0.1) is 0 Å². The highest BCUT2D eigenvalue weighted by Crippen LogP contribution is 2.32. The second-order valence-electron chi connectivity index (χ2n) is 6.02. The molecule has 0 bridgehead atoms. The van der Waals surface area contributed by atoms with Gasteiger partial charge in [0.2, 0.25) is 0 Å². The lowest BCUT2D eigenvalue weighted by atomic mass is 9.91. The Morgan fingerprint density at radius 1 is 1.32 bits per heavy atom. The Hall–Kier alpha value is -1.77. The van der Waals surface area contributed by atoms with Crippen LogP contribution in [0.3, 0.4) is 0 Å². The molecule has 2 nitrogen and oxygen atoms in total. The zero-order valence-corrected chi connectivity index (χ0v) is 13.7. The predicted octanol–water partition coefficient (Wildman–Crippen LogP) is 4.07. The van der Waals surface area contributed by atoms with Crippen molar-refractivity contribution in [3.63, 3.8) is 0 Å². The third-order valence-electron chi connectivity index (χ3n) is 4.17. The number of halogens is 1. The maximum Gasteiger partial charge on any atom is 0.0874 e. The molecule has 0 radical (unpaired) electrons. The van der Waals surface area contributed by atoms with Gasteiger partial charge in [0.25, 0.3) is 0 Å². The Labute approximate surface area is 137 Å². The fourth-order valence-corrected chi connectivity index (χ4v) is 3.13. The molecule has 3 heteroatoms. The molecule has 0 saturated heterocycles. The Kier molecular flexibility index (Phi) is 4.23. The standard InChI is InChI=1S/C19H21ClN2/c1-12(2)13-5-3-6-14(9-13)18-16(11-21)10-15-7-4-8-17(20)19(15)22-18/h3-10,12,19,22H,11,21H2,1-2H3. The van der Waals surface area contributed by atoms with Crippen LogP contribution in [0.4, 0.5) is 0 Å². The number of rotatable bonds is 3. The van der Waals surface area contributed by atoms with Crippen LogP contribution >= 0.6 is 11.6 Å². The zero-order chi connectivity index (χ0) is 15.7. The van der Waals surface area contributed by atoms with Gasteiger partial charge in [-0.05, 0) is 46.4 Å². The van der Waals surface area contributed by atoms with Gasteiger partial charge in [0, 0.05) is 17.3 Å². The van der Waals surface area contributed by atoms with E-state index in [0.717, 1.165) is 21.9 Å². The van der Waals surface area contributed by atoms with Gasteiger partial charge in [0.05, 0.1) is 6.04 Å². The molecule has 0 amide bonds. The van der Waals surface area contributed by atoms with E-state index in [1.54, 1.807) is 0 Å². The van der Waals surface area contributed by atoms with Crippen LogP contribution in [-0.2, 0) is 0 Å². The monoisotopic (exact) mass is 312 g/mol. The second kappa shape index (κ2) is 6.15. The third kappa shape index (κ3) is 2.77. The minimum atomic E-state index is 0.0275. The highest BCUT2D eigenvalue weighted by molar-refractivity contribution is 6.31. The van der Waals surface area contributed by atoms with Crippen molar-refractivity contribution in [2.45, 2.75) is 25.8 Å². The topological polar surface area (TPSA) is 38.0 Å². The van der Waals surface area contributed by atoms with E-state index in [-0.39, 0.29) is 6.04 Å². The molecule has 1 aliphatic heterocycles. The van der Waals surface area contributed by atoms with Crippen molar-refractivity contribution in [2.75, 3.05) is 6.54 Å². The summed E-state index contributed by atoms with van der Waals surface area (Å²) in [4.78, 5) is 0. The van der Waals surface area contributed by atoms with E-state index >= 15 is 0 Å². The van der Waals surface area contributed by atoms with Crippen LogP contribution in [0.5, 0.6) is 0 Å². The summed E-state index contributed by atoms with van der Waals surface area (Å²) in [5.41, 5.74) is 11.8. The molecule has 1 atom stereocenters. The van der Waals surface area contributed by atoms with Crippen LogP contribution in [0.15, 0.2) is 64.7 Å². The van der Waals surface area contributed by atoms with Crippen LogP contribution in [0.1, 0.15) is 30.9 Å². The molecule has 0 saturated carbocycles. The predicted molar refractivity (Wildman–Crippen MR) is 94.6 cm³/mol. The molecule has 3 rings (SSSR count). The highest BCUT2D eigenvalue weighted by Gasteiger charge is 2.25. The molecule has 3 N–H and O–H groups in total. The maximum absolute atomic E-state index is 6.37. The maximum atomic E-state index is 6.37. The number of fused-ring (bicyclic) bond motifs is 1. The Morgan fingerprint density at radius 2 is 2.14 bits per heavy atom. The lowest BCUT2D eigenvalue weighted by Gasteiger charge is -2.30. The Morgan fingerprint density at radius 3 is 2.86 bits per heavy atom. The first kappa shape index (κ1) is 15.1. The average Bonchev–Trinajstić information content (AvgIpc) is 2.54. The molecule has 1 aliphatic carbocycles. The number of hydrogen-bond donors (Lipinski definition) is 2. The summed E-state index contributed by atoms with van der Waals surface area (Å²) < 4.78 is 0. The first-order valence-electron chi connectivity index (χ1n) is 7.65. The first-order valence-corrected chi connectivity index (χ1v) is 8.03. The van der Waals surface area contributed by atoms with E-state index in [1.807, 2.05) is 12.2 Å². The fourth-order valence-electron chi connectivity index (χ4n) is 2.88. The molecular weight excluding hydrogens is 292 g/mol. The molecule has 1 aromatic carbocycles. The van der Waals surface area contributed by atoms with Crippen molar-refractivity contribution in [3.05, 3.63) is 75.9 Å². The summed E-state index contributed by atoms with van der Waals surface area (Å²) in [6.45, 7) is 4.91. The summed E-state index contributed by atoms with van der Waals surface area (Å²) in [5, 5.41) is 4.38. The van der Waals surface area contributed by atoms with Gasteiger partial charge in [-0.3, -0.25) is 0 Å². The summed E-state index contributed by atoms with van der Waals surface area (Å²) >= 11 is 6.37. The molecule has 2 aliphatic rings. The zero-order valence-electron chi connectivity index (χ0n) is 12.9. The van der Waals surface area contributed by atoms with Crippen molar-refractivity contribution in [1.29, 1.82) is 0 Å². The van der Waals surface area contributed by atoms with Gasteiger partial charge in [-0.15, -0.1) is 0 Å². The number of allylic oxidation sites excluding steroid dienone is 2. The summed E-state index contributed by atoms with van der Waals surface area (Å²) in [7, 11) is 0. The van der Waals surface area contributed by atoms with Gasteiger partial charge in [-0.2, -0.15) is 0 Å². The van der Waals surface area contributed by atoms with E-state index in [2.05, 4.69) is 55.6 Å². The first-order chi connectivity index (χ1) is 10.6. The van der Waals surface area contributed by atoms with Gasteiger partial charge in [0.1, 0.15) is 0 Å². The van der Waals surface area contributed by atoms with E-state index in [9.17, 15) is 0 Å². The lowest BCUT2D eigenvalue weighted by Crippen LogP contribution is -2.35. The number of benzene rings is 1.